The van der Waals surface area contributed by atoms with Gasteiger partial charge in [0, 0.05) is 12.0 Å². The first-order valence-corrected chi connectivity index (χ1v) is 17.6. The zero-order valence-electron chi connectivity index (χ0n) is 26.9. The highest BCUT2D eigenvalue weighted by molar-refractivity contribution is 5.90. The summed E-state index contributed by atoms with van der Waals surface area (Å²) in [6.45, 7) is 4.07. The number of ether oxygens (including phenoxy) is 2. The average Bonchev–Trinajstić information content (AvgIpc) is 3.57. The fraction of sp³-hybridized carbons (Fsp3) is 0.914. The minimum absolute atomic E-state index is 0.168. The summed E-state index contributed by atoms with van der Waals surface area (Å²) in [5, 5.41) is 41.6. The molecule has 0 aromatic rings. The third kappa shape index (κ3) is 16.2. The molecule has 7 nitrogen and oxygen atoms in total. The van der Waals surface area contributed by atoms with E-state index in [4.69, 9.17) is 9.47 Å². The Kier molecular flexibility index (Phi) is 19.9. The number of unbranched alkanes of at least 4 members (excludes halogenated alkanes) is 13. The highest BCUT2D eigenvalue weighted by Gasteiger charge is 2.31. The van der Waals surface area contributed by atoms with Crippen LogP contribution in [0, 0.1) is 0 Å². The molecule has 0 unspecified atom stereocenters. The molecule has 0 saturated carbocycles. The van der Waals surface area contributed by atoms with Crippen LogP contribution in [-0.4, -0.2) is 69.1 Å². The fourth-order valence-electron chi connectivity index (χ4n) is 6.40. The Balaban J connectivity index is 1.42. The Hall–Kier alpha value is -0.990. The summed E-state index contributed by atoms with van der Waals surface area (Å²) in [5.74, 6) is -0.295. The molecule has 246 valence electrons. The molecule has 0 radical (unpaired) electrons. The molecule has 2 aliphatic heterocycles. The number of aliphatic hydroxyl groups excluding tert-OH is 4. The van der Waals surface area contributed by atoms with Gasteiger partial charge in [-0.3, -0.25) is 0 Å². The zero-order chi connectivity index (χ0) is 30.6. The van der Waals surface area contributed by atoms with Gasteiger partial charge in [0.1, 0.15) is 6.10 Å². The smallest absolute Gasteiger partial charge is 0.334 e. The van der Waals surface area contributed by atoms with Crippen molar-refractivity contribution in [1.29, 1.82) is 0 Å². The van der Waals surface area contributed by atoms with Crippen LogP contribution in [0.5, 0.6) is 0 Å². The van der Waals surface area contributed by atoms with E-state index in [-0.39, 0.29) is 24.3 Å². The van der Waals surface area contributed by atoms with Crippen LogP contribution in [0.4, 0.5) is 0 Å². The summed E-state index contributed by atoms with van der Waals surface area (Å²) < 4.78 is 11.2. The van der Waals surface area contributed by atoms with Crippen LogP contribution in [-0.2, 0) is 14.3 Å². The minimum Gasteiger partial charge on any atom is -0.455 e. The number of carbonyl (C=O) groups is 1. The second kappa shape index (κ2) is 22.5. The summed E-state index contributed by atoms with van der Waals surface area (Å²) in [6, 6.07) is 0. The average molecular weight is 597 g/mol. The topological polar surface area (TPSA) is 116 Å². The molecule has 42 heavy (non-hydrogen) atoms. The standard InChI is InChI=1S/C35H64O7/c1-3-4-5-6-7-8-9-10-14-17-20-31(37)32(38)22-23-33(39)34-24-21-30(42-34)19-16-13-11-12-15-18-29(36)26-28-25-27(2)41-35(28)40/h25,27,29-34,36-39H,3-24,26H2,1-2H3/t27-,29+,30-,31-,32-,33+,34-/m1/s1. The summed E-state index contributed by atoms with van der Waals surface area (Å²) in [7, 11) is 0. The molecule has 0 aromatic carbocycles. The molecule has 2 heterocycles. The lowest BCUT2D eigenvalue weighted by Gasteiger charge is -2.22. The summed E-state index contributed by atoms with van der Waals surface area (Å²) >= 11 is 0. The predicted octanol–water partition coefficient (Wildman–Crippen LogP) is 7.06. The van der Waals surface area contributed by atoms with Gasteiger partial charge in [0.2, 0.25) is 0 Å². The first-order valence-electron chi connectivity index (χ1n) is 17.6. The van der Waals surface area contributed by atoms with Crippen molar-refractivity contribution >= 4 is 5.97 Å². The van der Waals surface area contributed by atoms with Crippen LogP contribution < -0.4 is 0 Å². The molecule has 0 amide bonds. The van der Waals surface area contributed by atoms with E-state index in [1.807, 2.05) is 6.92 Å². The highest BCUT2D eigenvalue weighted by atomic mass is 16.5. The summed E-state index contributed by atoms with van der Waals surface area (Å²) in [4.78, 5) is 11.7. The molecule has 0 aromatic heterocycles. The van der Waals surface area contributed by atoms with Gasteiger partial charge in [0.05, 0.1) is 36.6 Å². The predicted molar refractivity (Wildman–Crippen MR) is 168 cm³/mol. The van der Waals surface area contributed by atoms with E-state index in [2.05, 4.69) is 6.92 Å². The van der Waals surface area contributed by atoms with Gasteiger partial charge in [0.15, 0.2) is 0 Å². The molecule has 7 atom stereocenters. The molecule has 0 aliphatic carbocycles. The van der Waals surface area contributed by atoms with Gasteiger partial charge in [-0.2, -0.15) is 0 Å². The number of hydrogen-bond acceptors (Lipinski definition) is 7. The second-order valence-electron chi connectivity index (χ2n) is 13.1. The Labute approximate surface area is 256 Å². The largest absolute Gasteiger partial charge is 0.455 e. The van der Waals surface area contributed by atoms with Crippen molar-refractivity contribution in [2.45, 2.75) is 204 Å². The number of cyclic esters (lactones) is 1. The molecule has 0 spiro atoms. The molecule has 1 saturated heterocycles. The number of aliphatic hydroxyl groups is 4. The normalized spacial score (nSPS) is 23.5. The SMILES string of the molecule is CCCCCCCCCCCC[C@@H](O)[C@H](O)CC[C@H](O)[C@H]1CC[C@@H](CCCCCCC[C@H](O)CC2=C[C@@H](C)OC2=O)O1. The van der Waals surface area contributed by atoms with Crippen molar-refractivity contribution < 1.29 is 34.7 Å². The quantitative estimate of drug-likeness (QED) is 0.0624. The Bertz CT molecular complexity index is 726. The van der Waals surface area contributed by atoms with Gasteiger partial charge in [-0.05, 0) is 57.9 Å². The van der Waals surface area contributed by atoms with Crippen molar-refractivity contribution in [3.63, 3.8) is 0 Å². The second-order valence-corrected chi connectivity index (χ2v) is 13.1. The summed E-state index contributed by atoms with van der Waals surface area (Å²) in [5.41, 5.74) is 0.600. The van der Waals surface area contributed by atoms with Crippen LogP contribution in [0.15, 0.2) is 11.6 Å². The monoisotopic (exact) mass is 596 g/mol. The molecule has 2 rings (SSSR count). The molecular weight excluding hydrogens is 532 g/mol. The van der Waals surface area contributed by atoms with Gasteiger partial charge >= 0.3 is 5.97 Å². The van der Waals surface area contributed by atoms with Gasteiger partial charge < -0.3 is 29.9 Å². The molecule has 2 aliphatic rings. The van der Waals surface area contributed by atoms with Gasteiger partial charge in [-0.25, -0.2) is 4.79 Å². The lowest BCUT2D eigenvalue weighted by atomic mass is 9.97. The summed E-state index contributed by atoms with van der Waals surface area (Å²) in [6.07, 6.45) is 22.4. The van der Waals surface area contributed by atoms with Crippen LogP contribution >= 0.6 is 0 Å². The van der Waals surface area contributed by atoms with Crippen molar-refractivity contribution in [3.05, 3.63) is 11.6 Å². The lowest BCUT2D eigenvalue weighted by Crippen LogP contribution is -2.31. The van der Waals surface area contributed by atoms with Crippen LogP contribution in [0.3, 0.4) is 0 Å². The third-order valence-electron chi connectivity index (χ3n) is 9.14. The maximum Gasteiger partial charge on any atom is 0.334 e. The molecule has 1 fully saturated rings. The van der Waals surface area contributed by atoms with Crippen molar-refractivity contribution in [1.82, 2.24) is 0 Å². The third-order valence-corrected chi connectivity index (χ3v) is 9.14. The van der Waals surface area contributed by atoms with Crippen molar-refractivity contribution in [3.8, 4) is 0 Å². The Morgan fingerprint density at radius 3 is 1.93 bits per heavy atom. The lowest BCUT2D eigenvalue weighted by molar-refractivity contribution is -0.139. The van der Waals surface area contributed by atoms with Crippen molar-refractivity contribution in [2.75, 3.05) is 0 Å². The van der Waals surface area contributed by atoms with Gasteiger partial charge in [-0.1, -0.05) is 103 Å². The van der Waals surface area contributed by atoms with Crippen molar-refractivity contribution in [2.24, 2.45) is 0 Å². The van der Waals surface area contributed by atoms with E-state index in [1.165, 1.54) is 51.4 Å². The number of esters is 1. The van der Waals surface area contributed by atoms with Crippen LogP contribution in [0.2, 0.25) is 0 Å². The molecule has 4 N–H and O–H groups in total. The Morgan fingerprint density at radius 2 is 1.31 bits per heavy atom. The number of hydrogen-bond donors (Lipinski definition) is 4. The highest BCUT2D eigenvalue weighted by Crippen LogP contribution is 2.28. The fourth-order valence-corrected chi connectivity index (χ4v) is 6.40. The van der Waals surface area contributed by atoms with Gasteiger partial charge in [-0.15, -0.1) is 0 Å². The maximum absolute atomic E-state index is 11.7. The molecule has 7 heteroatoms. The van der Waals surface area contributed by atoms with E-state index in [9.17, 15) is 25.2 Å². The van der Waals surface area contributed by atoms with E-state index in [0.717, 1.165) is 64.2 Å². The maximum atomic E-state index is 11.7. The number of rotatable bonds is 26. The first kappa shape index (κ1) is 37.2. The minimum atomic E-state index is -0.781. The Morgan fingerprint density at radius 1 is 0.738 bits per heavy atom. The van der Waals surface area contributed by atoms with E-state index >= 15 is 0 Å². The molecule has 0 bridgehead atoms. The first-order chi connectivity index (χ1) is 20.3. The van der Waals surface area contributed by atoms with Crippen LogP contribution in [0.1, 0.15) is 162 Å². The number of carbonyl (C=O) groups excluding carboxylic acids is 1. The van der Waals surface area contributed by atoms with E-state index in [1.54, 1.807) is 6.08 Å². The van der Waals surface area contributed by atoms with Crippen LogP contribution in [0.25, 0.3) is 0 Å². The zero-order valence-corrected chi connectivity index (χ0v) is 26.9. The molecular formula is C35H64O7. The van der Waals surface area contributed by atoms with E-state index in [0.29, 0.717) is 37.7 Å². The van der Waals surface area contributed by atoms with Gasteiger partial charge in [0.25, 0.3) is 0 Å². The van der Waals surface area contributed by atoms with E-state index < -0.39 is 24.4 Å².